The van der Waals surface area contributed by atoms with Crippen molar-refractivity contribution in [3.63, 3.8) is 0 Å². The lowest BCUT2D eigenvalue weighted by atomic mass is 9.97. The van der Waals surface area contributed by atoms with Gasteiger partial charge in [-0.15, -0.1) is 0 Å². The topological polar surface area (TPSA) is 70.2 Å². The van der Waals surface area contributed by atoms with Crippen LogP contribution in [0, 0.1) is 0 Å². The van der Waals surface area contributed by atoms with Crippen LogP contribution in [0.4, 0.5) is 0 Å². The van der Waals surface area contributed by atoms with Crippen LogP contribution < -0.4 is 5.56 Å². The number of H-pyrrole nitrogens is 1. The highest BCUT2D eigenvalue weighted by molar-refractivity contribution is 6.33. The molecule has 6 heteroatoms. The molecule has 3 aromatic rings. The first-order chi connectivity index (χ1) is 11.5. The van der Waals surface area contributed by atoms with Crippen LogP contribution in [0.1, 0.15) is 10.4 Å². The number of carboxylic acids is 1. The van der Waals surface area contributed by atoms with Gasteiger partial charge >= 0.3 is 5.97 Å². The van der Waals surface area contributed by atoms with E-state index in [-0.39, 0.29) is 5.56 Å². The summed E-state index contributed by atoms with van der Waals surface area (Å²) in [5.41, 5.74) is 1.31. The van der Waals surface area contributed by atoms with Gasteiger partial charge in [0.15, 0.2) is 0 Å². The van der Waals surface area contributed by atoms with E-state index >= 15 is 0 Å². The summed E-state index contributed by atoms with van der Waals surface area (Å²) >= 11 is 12.2. The van der Waals surface area contributed by atoms with Crippen molar-refractivity contribution in [1.82, 2.24) is 4.98 Å². The summed E-state index contributed by atoms with van der Waals surface area (Å²) in [5, 5.41) is 10.2. The zero-order chi connectivity index (χ0) is 17.3. The number of carboxylic acid groups (broad SMARTS) is 1. The summed E-state index contributed by atoms with van der Waals surface area (Å²) in [6.07, 6.45) is 0. The second-order valence-corrected chi connectivity index (χ2v) is 5.94. The molecule has 2 N–H and O–H groups in total. The maximum atomic E-state index is 12.1. The van der Waals surface area contributed by atoms with E-state index in [1.807, 2.05) is 0 Å². The molecule has 0 atom stereocenters. The first-order valence-corrected chi connectivity index (χ1v) is 7.74. The molecule has 0 saturated heterocycles. The number of pyridine rings is 1. The van der Waals surface area contributed by atoms with Gasteiger partial charge < -0.3 is 10.1 Å². The zero-order valence-corrected chi connectivity index (χ0v) is 13.7. The number of aromatic carboxylic acids is 1. The average Bonchev–Trinajstić information content (AvgIpc) is 2.56. The molecular weight excluding hydrogens is 349 g/mol. The Kier molecular flexibility index (Phi) is 4.42. The van der Waals surface area contributed by atoms with Gasteiger partial charge in [0, 0.05) is 21.2 Å². The third kappa shape index (κ3) is 3.07. The first kappa shape index (κ1) is 16.3. The van der Waals surface area contributed by atoms with Crippen molar-refractivity contribution >= 4 is 29.2 Å². The number of rotatable bonds is 3. The van der Waals surface area contributed by atoms with Gasteiger partial charge in [-0.3, -0.25) is 4.79 Å². The highest BCUT2D eigenvalue weighted by atomic mass is 35.5. The molecule has 0 radical (unpaired) electrons. The standard InChI is InChI=1S/C18H11Cl2NO3/c19-11-7-5-10(6-8-11)13-9-14(18(23)24)17(22)21-16(13)12-3-1-2-4-15(12)20/h1-9H,(H,21,22)(H,23,24). The van der Waals surface area contributed by atoms with Gasteiger partial charge in [0.05, 0.1) is 5.69 Å². The maximum Gasteiger partial charge on any atom is 0.341 e. The number of carbonyl (C=O) groups is 1. The molecule has 3 rings (SSSR count). The van der Waals surface area contributed by atoms with Gasteiger partial charge in [0.25, 0.3) is 5.56 Å². The van der Waals surface area contributed by atoms with Crippen LogP contribution in [0.2, 0.25) is 10.0 Å². The molecule has 0 unspecified atom stereocenters. The van der Waals surface area contributed by atoms with E-state index in [1.54, 1.807) is 48.5 Å². The van der Waals surface area contributed by atoms with Crippen LogP contribution in [-0.4, -0.2) is 16.1 Å². The Morgan fingerprint density at radius 1 is 0.958 bits per heavy atom. The van der Waals surface area contributed by atoms with E-state index in [1.165, 1.54) is 6.07 Å². The summed E-state index contributed by atoms with van der Waals surface area (Å²) in [4.78, 5) is 26.1. The smallest absolute Gasteiger partial charge is 0.341 e. The minimum atomic E-state index is -1.29. The summed E-state index contributed by atoms with van der Waals surface area (Å²) < 4.78 is 0. The monoisotopic (exact) mass is 359 g/mol. The normalized spacial score (nSPS) is 10.6. The molecule has 0 spiro atoms. The zero-order valence-electron chi connectivity index (χ0n) is 12.2. The fraction of sp³-hybridized carbons (Fsp3) is 0. The third-order valence-corrected chi connectivity index (χ3v) is 4.15. The molecule has 0 saturated carbocycles. The van der Waals surface area contributed by atoms with Gasteiger partial charge in [-0.1, -0.05) is 53.5 Å². The molecule has 1 aromatic heterocycles. The minimum Gasteiger partial charge on any atom is -0.477 e. The average molecular weight is 360 g/mol. The maximum absolute atomic E-state index is 12.1. The summed E-state index contributed by atoms with van der Waals surface area (Å²) in [6, 6.07) is 15.3. The van der Waals surface area contributed by atoms with Crippen molar-refractivity contribution in [2.75, 3.05) is 0 Å². The molecule has 24 heavy (non-hydrogen) atoms. The van der Waals surface area contributed by atoms with Crippen LogP contribution in [0.25, 0.3) is 22.4 Å². The van der Waals surface area contributed by atoms with Crippen LogP contribution in [0.3, 0.4) is 0 Å². The van der Waals surface area contributed by atoms with Crippen molar-refractivity contribution in [1.29, 1.82) is 0 Å². The quantitative estimate of drug-likeness (QED) is 0.710. The molecule has 0 fully saturated rings. The Morgan fingerprint density at radius 2 is 1.62 bits per heavy atom. The molecule has 1 heterocycles. The molecule has 0 bridgehead atoms. The number of hydrogen-bond acceptors (Lipinski definition) is 2. The fourth-order valence-electron chi connectivity index (χ4n) is 2.42. The fourth-order valence-corrected chi connectivity index (χ4v) is 2.78. The number of aromatic amines is 1. The molecule has 2 aromatic carbocycles. The first-order valence-electron chi connectivity index (χ1n) is 6.99. The molecular formula is C18H11Cl2NO3. The highest BCUT2D eigenvalue weighted by Crippen LogP contribution is 2.34. The number of hydrogen-bond donors (Lipinski definition) is 2. The van der Waals surface area contributed by atoms with Gasteiger partial charge in [-0.25, -0.2) is 4.79 Å². The highest BCUT2D eigenvalue weighted by Gasteiger charge is 2.17. The number of nitrogens with one attached hydrogen (secondary N) is 1. The molecule has 0 aliphatic rings. The largest absolute Gasteiger partial charge is 0.477 e. The van der Waals surface area contributed by atoms with Crippen molar-refractivity contribution in [3.8, 4) is 22.4 Å². The van der Waals surface area contributed by atoms with Crippen molar-refractivity contribution in [2.45, 2.75) is 0 Å². The molecule has 120 valence electrons. The number of halogens is 2. The lowest BCUT2D eigenvalue weighted by molar-refractivity contribution is 0.0695. The third-order valence-electron chi connectivity index (χ3n) is 3.57. The lowest BCUT2D eigenvalue weighted by Crippen LogP contribution is -2.18. The van der Waals surface area contributed by atoms with Gasteiger partial charge in [0.2, 0.25) is 0 Å². The van der Waals surface area contributed by atoms with Crippen molar-refractivity contribution < 1.29 is 9.90 Å². The summed E-state index contributed by atoms with van der Waals surface area (Å²) in [5.74, 6) is -1.29. The minimum absolute atomic E-state index is 0.337. The predicted octanol–water partition coefficient (Wildman–Crippen LogP) is 4.71. The second-order valence-electron chi connectivity index (χ2n) is 5.09. The van der Waals surface area contributed by atoms with E-state index < -0.39 is 11.5 Å². The molecule has 4 nitrogen and oxygen atoms in total. The van der Waals surface area contributed by atoms with Gasteiger partial charge in [-0.05, 0) is 29.8 Å². The van der Waals surface area contributed by atoms with E-state index in [4.69, 9.17) is 23.2 Å². The lowest BCUT2D eigenvalue weighted by Gasteiger charge is -2.12. The predicted molar refractivity (Wildman–Crippen MR) is 94.9 cm³/mol. The van der Waals surface area contributed by atoms with E-state index in [2.05, 4.69) is 4.98 Å². The summed E-state index contributed by atoms with van der Waals surface area (Å²) in [6.45, 7) is 0. The number of aromatic nitrogens is 1. The van der Waals surface area contributed by atoms with Crippen LogP contribution in [0.15, 0.2) is 59.4 Å². The van der Waals surface area contributed by atoms with Crippen LogP contribution in [0.5, 0.6) is 0 Å². The Balaban J connectivity index is 2.34. The Morgan fingerprint density at radius 3 is 2.25 bits per heavy atom. The van der Waals surface area contributed by atoms with E-state index in [9.17, 15) is 14.7 Å². The molecule has 0 aliphatic carbocycles. The molecule has 0 aliphatic heterocycles. The van der Waals surface area contributed by atoms with Crippen molar-refractivity contribution in [3.05, 3.63) is 80.6 Å². The Labute approximate surface area is 147 Å². The number of benzene rings is 2. The van der Waals surface area contributed by atoms with Gasteiger partial charge in [-0.2, -0.15) is 0 Å². The van der Waals surface area contributed by atoms with E-state index in [0.717, 1.165) is 0 Å². The summed E-state index contributed by atoms with van der Waals surface area (Å²) in [7, 11) is 0. The van der Waals surface area contributed by atoms with Crippen molar-refractivity contribution in [2.24, 2.45) is 0 Å². The molecule has 0 amide bonds. The van der Waals surface area contributed by atoms with E-state index in [0.29, 0.717) is 32.4 Å². The van der Waals surface area contributed by atoms with Crippen LogP contribution >= 0.6 is 23.2 Å². The Bertz CT molecular complexity index is 978. The SMILES string of the molecule is O=C(O)c1cc(-c2ccc(Cl)cc2)c(-c2ccccc2Cl)[nH]c1=O. The van der Waals surface area contributed by atoms with Crippen LogP contribution in [-0.2, 0) is 0 Å². The Hall–Kier alpha value is -2.56. The van der Waals surface area contributed by atoms with Gasteiger partial charge in [0.1, 0.15) is 5.56 Å². The second kappa shape index (κ2) is 6.51.